The van der Waals surface area contributed by atoms with Crippen molar-refractivity contribution in [1.82, 2.24) is 10.2 Å². The Morgan fingerprint density at radius 3 is 2.40 bits per heavy atom. The molecule has 6 heteroatoms. The van der Waals surface area contributed by atoms with Crippen LogP contribution in [0.1, 0.15) is 51.1 Å². The van der Waals surface area contributed by atoms with Crippen molar-refractivity contribution in [2.45, 2.75) is 56.5 Å². The van der Waals surface area contributed by atoms with Crippen LogP contribution >= 0.6 is 0 Å². The number of carbonyl (C=O) groups excluding carboxylic acids is 1. The third-order valence-electron chi connectivity index (χ3n) is 5.30. The summed E-state index contributed by atoms with van der Waals surface area (Å²) < 4.78 is 23.1. The Bertz CT molecular complexity index is 685. The molecule has 1 aliphatic rings. The molecule has 0 aliphatic heterocycles. The molecule has 140 valence electrons. The van der Waals surface area contributed by atoms with Gasteiger partial charge in [0.05, 0.1) is 11.4 Å². The molecular weight excluding hydrogens is 336 g/mol. The molecule has 0 heterocycles. The maximum Gasteiger partial charge on any atom is 0.234 e. The highest BCUT2D eigenvalue weighted by molar-refractivity contribution is 7.90. The van der Waals surface area contributed by atoms with Crippen LogP contribution in [0.25, 0.3) is 0 Å². The summed E-state index contributed by atoms with van der Waals surface area (Å²) in [6.07, 6.45) is 5.90. The molecule has 0 spiro atoms. The summed E-state index contributed by atoms with van der Waals surface area (Å²) in [6.45, 7) is 4.56. The number of benzene rings is 1. The number of sulfone groups is 1. The minimum absolute atomic E-state index is 0.0307. The lowest BCUT2D eigenvalue weighted by molar-refractivity contribution is -0.123. The summed E-state index contributed by atoms with van der Waals surface area (Å²) in [5, 5.41) is 3.17. The molecule has 1 aliphatic carbocycles. The van der Waals surface area contributed by atoms with Gasteiger partial charge in [-0.15, -0.1) is 0 Å². The molecule has 25 heavy (non-hydrogen) atoms. The normalized spacial score (nSPS) is 22.6. The van der Waals surface area contributed by atoms with Crippen LogP contribution in [-0.4, -0.2) is 45.1 Å². The van der Waals surface area contributed by atoms with Crippen LogP contribution in [0.15, 0.2) is 29.2 Å². The fourth-order valence-corrected chi connectivity index (χ4v) is 4.03. The van der Waals surface area contributed by atoms with Crippen LogP contribution in [0.5, 0.6) is 0 Å². The smallest absolute Gasteiger partial charge is 0.234 e. The van der Waals surface area contributed by atoms with Crippen molar-refractivity contribution in [3.8, 4) is 0 Å². The standard InChI is InChI=1S/C19H30N2O3S/c1-14-7-5-6-8-18(14)20-19(22)13-21(3)15(2)16-9-11-17(12-10-16)25(4,23)24/h9-12,14-15,18H,5-8,13H2,1-4H3,(H,20,22). The molecule has 0 radical (unpaired) electrons. The molecule has 5 nitrogen and oxygen atoms in total. The van der Waals surface area contributed by atoms with Crippen molar-refractivity contribution in [3.05, 3.63) is 29.8 Å². The monoisotopic (exact) mass is 366 g/mol. The van der Waals surface area contributed by atoms with E-state index >= 15 is 0 Å². The predicted octanol–water partition coefficient (Wildman–Crippen LogP) is 2.78. The number of hydrogen-bond acceptors (Lipinski definition) is 4. The Morgan fingerprint density at radius 2 is 1.84 bits per heavy atom. The average molecular weight is 367 g/mol. The zero-order valence-corrected chi connectivity index (χ0v) is 16.5. The van der Waals surface area contributed by atoms with E-state index in [2.05, 4.69) is 12.2 Å². The van der Waals surface area contributed by atoms with Crippen LogP contribution < -0.4 is 5.32 Å². The van der Waals surface area contributed by atoms with Crippen molar-refractivity contribution < 1.29 is 13.2 Å². The van der Waals surface area contributed by atoms with Crippen molar-refractivity contribution in [3.63, 3.8) is 0 Å². The van der Waals surface area contributed by atoms with Gasteiger partial charge in [-0.3, -0.25) is 9.69 Å². The van der Waals surface area contributed by atoms with E-state index < -0.39 is 9.84 Å². The van der Waals surface area contributed by atoms with E-state index in [1.54, 1.807) is 12.1 Å². The van der Waals surface area contributed by atoms with Gasteiger partial charge in [0.2, 0.25) is 5.91 Å². The summed E-state index contributed by atoms with van der Waals surface area (Å²) in [7, 11) is -1.27. The van der Waals surface area contributed by atoms with Gasteiger partial charge < -0.3 is 5.32 Å². The highest BCUT2D eigenvalue weighted by Crippen LogP contribution is 2.24. The SMILES string of the molecule is CC1CCCCC1NC(=O)CN(C)C(C)c1ccc(S(C)(=O)=O)cc1. The molecule has 1 aromatic rings. The molecule has 2 rings (SSSR count). The van der Waals surface area contributed by atoms with Gasteiger partial charge >= 0.3 is 0 Å². The largest absolute Gasteiger partial charge is 0.352 e. The molecular formula is C19H30N2O3S. The number of nitrogens with one attached hydrogen (secondary N) is 1. The fraction of sp³-hybridized carbons (Fsp3) is 0.632. The minimum Gasteiger partial charge on any atom is -0.352 e. The van der Waals surface area contributed by atoms with E-state index in [9.17, 15) is 13.2 Å². The van der Waals surface area contributed by atoms with Crippen LogP contribution in [0.2, 0.25) is 0 Å². The lowest BCUT2D eigenvalue weighted by Gasteiger charge is -2.31. The second-order valence-corrected chi connectivity index (χ2v) is 9.38. The summed E-state index contributed by atoms with van der Waals surface area (Å²) >= 11 is 0. The number of likely N-dealkylation sites (N-methyl/N-ethyl adjacent to an activating group) is 1. The van der Waals surface area contributed by atoms with Crippen LogP contribution in [0, 0.1) is 5.92 Å². The van der Waals surface area contributed by atoms with Crippen LogP contribution in [0.3, 0.4) is 0 Å². The molecule has 1 fully saturated rings. The topological polar surface area (TPSA) is 66.5 Å². The van der Waals surface area contributed by atoms with E-state index in [0.717, 1.165) is 12.0 Å². The van der Waals surface area contributed by atoms with E-state index in [-0.39, 0.29) is 11.9 Å². The molecule has 1 N–H and O–H groups in total. The third kappa shape index (κ3) is 5.54. The summed E-state index contributed by atoms with van der Waals surface area (Å²) in [6, 6.07) is 7.21. The molecule has 0 aromatic heterocycles. The van der Waals surface area contributed by atoms with Crippen LogP contribution in [0.4, 0.5) is 0 Å². The van der Waals surface area contributed by atoms with Gasteiger partial charge in [0, 0.05) is 18.3 Å². The molecule has 3 atom stereocenters. The molecule has 0 saturated heterocycles. The maximum absolute atomic E-state index is 12.4. The maximum atomic E-state index is 12.4. The first-order valence-electron chi connectivity index (χ1n) is 8.98. The van der Waals surface area contributed by atoms with E-state index in [1.165, 1.54) is 25.5 Å². The number of nitrogens with zero attached hydrogens (tertiary/aromatic N) is 1. The van der Waals surface area contributed by atoms with Gasteiger partial charge in [0.25, 0.3) is 0 Å². The number of rotatable bonds is 6. The Hall–Kier alpha value is -1.40. The molecule has 1 amide bonds. The number of amides is 1. The van der Waals surface area contributed by atoms with Gasteiger partial charge in [-0.2, -0.15) is 0 Å². The zero-order chi connectivity index (χ0) is 18.6. The minimum atomic E-state index is -3.18. The predicted molar refractivity (Wildman–Crippen MR) is 100 cm³/mol. The third-order valence-corrected chi connectivity index (χ3v) is 6.43. The van der Waals surface area contributed by atoms with Gasteiger partial charge in [-0.05, 0) is 50.4 Å². The number of hydrogen-bond donors (Lipinski definition) is 1. The second-order valence-electron chi connectivity index (χ2n) is 7.37. The first kappa shape index (κ1) is 19.9. The van der Waals surface area contributed by atoms with E-state index in [4.69, 9.17) is 0 Å². The molecule has 0 bridgehead atoms. The summed E-state index contributed by atoms with van der Waals surface area (Å²) in [5.74, 6) is 0.602. The number of carbonyl (C=O) groups is 1. The molecule has 1 saturated carbocycles. The fourth-order valence-electron chi connectivity index (χ4n) is 3.39. The van der Waals surface area contributed by atoms with E-state index in [0.29, 0.717) is 23.4 Å². The Kier molecular flexibility index (Phi) is 6.63. The first-order chi connectivity index (χ1) is 11.7. The van der Waals surface area contributed by atoms with Gasteiger partial charge in [0.15, 0.2) is 9.84 Å². The average Bonchev–Trinajstić information content (AvgIpc) is 2.55. The Balaban J connectivity index is 1.93. The van der Waals surface area contributed by atoms with Crippen molar-refractivity contribution in [1.29, 1.82) is 0 Å². The Labute approximate surface area is 151 Å². The van der Waals surface area contributed by atoms with Gasteiger partial charge in [-0.1, -0.05) is 31.9 Å². The molecule has 3 unspecified atom stereocenters. The van der Waals surface area contributed by atoms with Crippen molar-refractivity contribution >= 4 is 15.7 Å². The zero-order valence-electron chi connectivity index (χ0n) is 15.7. The highest BCUT2D eigenvalue weighted by Gasteiger charge is 2.24. The van der Waals surface area contributed by atoms with Crippen molar-refractivity contribution in [2.75, 3.05) is 19.8 Å². The summed E-state index contributed by atoms with van der Waals surface area (Å²) in [4.78, 5) is 14.7. The highest BCUT2D eigenvalue weighted by atomic mass is 32.2. The lowest BCUT2D eigenvalue weighted by atomic mass is 9.86. The Morgan fingerprint density at radius 1 is 1.24 bits per heavy atom. The van der Waals surface area contributed by atoms with Crippen LogP contribution in [-0.2, 0) is 14.6 Å². The second kappa shape index (κ2) is 8.32. The van der Waals surface area contributed by atoms with Crippen molar-refractivity contribution in [2.24, 2.45) is 5.92 Å². The first-order valence-corrected chi connectivity index (χ1v) is 10.9. The lowest BCUT2D eigenvalue weighted by Crippen LogP contribution is -2.45. The quantitative estimate of drug-likeness (QED) is 0.841. The van der Waals surface area contributed by atoms with E-state index in [1.807, 2.05) is 31.0 Å². The molecule has 1 aromatic carbocycles. The van der Waals surface area contributed by atoms with Gasteiger partial charge in [-0.25, -0.2) is 8.42 Å². The van der Waals surface area contributed by atoms with Gasteiger partial charge in [0.1, 0.15) is 0 Å². The summed E-state index contributed by atoms with van der Waals surface area (Å²) in [5.41, 5.74) is 0.994.